The van der Waals surface area contributed by atoms with Crippen molar-refractivity contribution in [1.29, 1.82) is 0 Å². The fraction of sp³-hybridized carbons (Fsp3) is 0.333. The van der Waals surface area contributed by atoms with Crippen LogP contribution in [0.2, 0.25) is 0 Å². The van der Waals surface area contributed by atoms with Gasteiger partial charge in [-0.05, 0) is 17.2 Å². The first-order valence-electron chi connectivity index (χ1n) is 7.28. The van der Waals surface area contributed by atoms with Gasteiger partial charge in [0.05, 0.1) is 6.61 Å². The molecule has 0 fully saturated rings. The van der Waals surface area contributed by atoms with Crippen molar-refractivity contribution >= 4 is 28.3 Å². The molecule has 1 aromatic carbocycles. The Hall–Kier alpha value is -2.48. The lowest BCUT2D eigenvalue weighted by Gasteiger charge is -2.07. The molecule has 2 heterocycles. The highest BCUT2D eigenvalue weighted by molar-refractivity contribution is 7.13. The molecule has 0 spiro atoms. The lowest BCUT2D eigenvalue weighted by atomic mass is 10.1. The third kappa shape index (κ3) is 4.26. The maximum absolute atomic E-state index is 11.8. The summed E-state index contributed by atoms with van der Waals surface area (Å²) >= 11 is 1.24. The summed E-state index contributed by atoms with van der Waals surface area (Å²) in [6.07, 6.45) is 1.16. The first-order valence-corrected chi connectivity index (χ1v) is 8.16. The van der Waals surface area contributed by atoms with Crippen molar-refractivity contribution in [1.82, 2.24) is 15.5 Å². The quantitative estimate of drug-likeness (QED) is 0.836. The van der Waals surface area contributed by atoms with Gasteiger partial charge >= 0.3 is 0 Å². The molecular formula is C15H16N4O3S. The number of aromatic nitrogens is 2. The van der Waals surface area contributed by atoms with Gasteiger partial charge < -0.3 is 15.4 Å². The summed E-state index contributed by atoms with van der Waals surface area (Å²) in [6, 6.07) is 5.91. The molecule has 0 atom stereocenters. The SMILES string of the molecule is O=C(CCC(=O)Nc1nncs1)NCc1ccc2c(c1)CCO2. The average Bonchev–Trinajstić information content (AvgIpc) is 3.21. The molecule has 0 bridgehead atoms. The van der Waals surface area contributed by atoms with Crippen LogP contribution < -0.4 is 15.4 Å². The number of carbonyl (C=O) groups is 2. The van der Waals surface area contributed by atoms with E-state index in [1.165, 1.54) is 22.4 Å². The van der Waals surface area contributed by atoms with E-state index in [0.29, 0.717) is 11.7 Å². The van der Waals surface area contributed by atoms with Crippen molar-refractivity contribution in [3.05, 3.63) is 34.8 Å². The van der Waals surface area contributed by atoms with Gasteiger partial charge in [-0.3, -0.25) is 9.59 Å². The summed E-state index contributed by atoms with van der Waals surface area (Å²) in [5, 5.41) is 13.2. The van der Waals surface area contributed by atoms with Crippen molar-refractivity contribution in [3.8, 4) is 5.75 Å². The maximum atomic E-state index is 11.8. The minimum atomic E-state index is -0.244. The van der Waals surface area contributed by atoms with Crippen molar-refractivity contribution in [2.45, 2.75) is 25.8 Å². The molecule has 0 aliphatic carbocycles. The van der Waals surface area contributed by atoms with Crippen molar-refractivity contribution in [2.24, 2.45) is 0 Å². The van der Waals surface area contributed by atoms with Gasteiger partial charge in [0.1, 0.15) is 11.3 Å². The highest BCUT2D eigenvalue weighted by Crippen LogP contribution is 2.25. The molecule has 3 rings (SSSR count). The van der Waals surface area contributed by atoms with Crippen LogP contribution in [0.5, 0.6) is 5.75 Å². The lowest BCUT2D eigenvalue weighted by molar-refractivity contribution is -0.124. The number of carbonyl (C=O) groups excluding carboxylic acids is 2. The van der Waals surface area contributed by atoms with E-state index in [0.717, 1.165) is 24.3 Å². The molecule has 0 saturated heterocycles. The van der Waals surface area contributed by atoms with E-state index in [1.807, 2.05) is 18.2 Å². The molecule has 7 nitrogen and oxygen atoms in total. The molecule has 8 heteroatoms. The number of nitrogens with zero attached hydrogens (tertiary/aromatic N) is 2. The van der Waals surface area contributed by atoms with Crippen LogP contribution >= 0.6 is 11.3 Å². The molecule has 23 heavy (non-hydrogen) atoms. The Bertz CT molecular complexity index is 703. The second-order valence-corrected chi connectivity index (χ2v) is 5.94. The van der Waals surface area contributed by atoms with Crippen LogP contribution in [-0.4, -0.2) is 28.6 Å². The zero-order valence-corrected chi connectivity index (χ0v) is 13.2. The molecule has 120 valence electrons. The number of fused-ring (bicyclic) bond motifs is 1. The zero-order valence-electron chi connectivity index (χ0n) is 12.4. The van der Waals surface area contributed by atoms with E-state index in [9.17, 15) is 9.59 Å². The Labute approximate surface area is 137 Å². The van der Waals surface area contributed by atoms with Crippen LogP contribution in [0.4, 0.5) is 5.13 Å². The van der Waals surface area contributed by atoms with E-state index in [1.54, 1.807) is 0 Å². The van der Waals surface area contributed by atoms with Crippen LogP contribution in [0.3, 0.4) is 0 Å². The van der Waals surface area contributed by atoms with Crippen molar-refractivity contribution < 1.29 is 14.3 Å². The van der Waals surface area contributed by atoms with E-state index < -0.39 is 0 Å². The second-order valence-electron chi connectivity index (χ2n) is 5.11. The Morgan fingerprint density at radius 2 is 2.13 bits per heavy atom. The van der Waals surface area contributed by atoms with Gasteiger partial charge in [0, 0.05) is 25.8 Å². The lowest BCUT2D eigenvalue weighted by Crippen LogP contribution is -2.24. The molecule has 1 aromatic heterocycles. The van der Waals surface area contributed by atoms with Crippen LogP contribution in [-0.2, 0) is 22.6 Å². The zero-order chi connectivity index (χ0) is 16.1. The third-order valence-electron chi connectivity index (χ3n) is 3.43. The van der Waals surface area contributed by atoms with Crippen LogP contribution in [0.15, 0.2) is 23.7 Å². The number of ether oxygens (including phenoxy) is 1. The van der Waals surface area contributed by atoms with Gasteiger partial charge in [-0.2, -0.15) is 0 Å². The van der Waals surface area contributed by atoms with Crippen LogP contribution in [0.1, 0.15) is 24.0 Å². The van der Waals surface area contributed by atoms with E-state index >= 15 is 0 Å². The van der Waals surface area contributed by atoms with Gasteiger partial charge in [0.15, 0.2) is 0 Å². The predicted molar refractivity (Wildman–Crippen MR) is 85.3 cm³/mol. The maximum Gasteiger partial charge on any atom is 0.226 e. The monoisotopic (exact) mass is 332 g/mol. The molecule has 2 aromatic rings. The number of hydrogen-bond donors (Lipinski definition) is 2. The fourth-order valence-electron chi connectivity index (χ4n) is 2.28. The van der Waals surface area contributed by atoms with Gasteiger partial charge in [-0.1, -0.05) is 23.5 Å². The second kappa shape index (κ2) is 7.19. The fourth-order valence-corrected chi connectivity index (χ4v) is 2.74. The minimum absolute atomic E-state index is 0.115. The molecule has 0 saturated carbocycles. The smallest absolute Gasteiger partial charge is 0.226 e. The normalized spacial score (nSPS) is 12.3. The Balaban J connectivity index is 1.40. The number of amides is 2. The largest absolute Gasteiger partial charge is 0.493 e. The van der Waals surface area contributed by atoms with Gasteiger partial charge in [-0.25, -0.2) is 0 Å². The molecule has 0 unspecified atom stereocenters. The van der Waals surface area contributed by atoms with Gasteiger partial charge in [0.25, 0.3) is 0 Å². The molecule has 0 radical (unpaired) electrons. The highest BCUT2D eigenvalue weighted by Gasteiger charge is 2.13. The number of rotatable bonds is 6. The third-order valence-corrected chi connectivity index (χ3v) is 4.04. The summed E-state index contributed by atoms with van der Waals surface area (Å²) in [4.78, 5) is 23.5. The first kappa shape index (κ1) is 15.4. The van der Waals surface area contributed by atoms with Crippen molar-refractivity contribution in [3.63, 3.8) is 0 Å². The number of nitrogens with one attached hydrogen (secondary N) is 2. The predicted octanol–water partition coefficient (Wildman–Crippen LogP) is 1.51. The molecule has 1 aliphatic rings. The molecule has 2 N–H and O–H groups in total. The summed E-state index contributed by atoms with van der Waals surface area (Å²) in [5.74, 6) is 0.522. The van der Waals surface area contributed by atoms with Crippen molar-refractivity contribution in [2.75, 3.05) is 11.9 Å². The average molecular weight is 332 g/mol. The Morgan fingerprint density at radius 1 is 1.26 bits per heavy atom. The van der Waals surface area contributed by atoms with Gasteiger partial charge in [-0.15, -0.1) is 10.2 Å². The minimum Gasteiger partial charge on any atom is -0.493 e. The van der Waals surface area contributed by atoms with Gasteiger partial charge in [0.2, 0.25) is 16.9 Å². The molecular weight excluding hydrogens is 316 g/mol. The Kier molecular flexibility index (Phi) is 4.82. The topological polar surface area (TPSA) is 93.2 Å². The van der Waals surface area contributed by atoms with Crippen LogP contribution in [0.25, 0.3) is 0 Å². The highest BCUT2D eigenvalue weighted by atomic mass is 32.1. The Morgan fingerprint density at radius 3 is 2.96 bits per heavy atom. The van der Waals surface area contributed by atoms with E-state index in [4.69, 9.17) is 4.74 Å². The van der Waals surface area contributed by atoms with Crippen LogP contribution in [0, 0.1) is 0 Å². The number of anilines is 1. The molecule has 1 aliphatic heterocycles. The standard InChI is InChI=1S/C15H16N4O3S/c20-13(3-4-14(21)18-15-19-17-9-23-15)16-8-10-1-2-12-11(7-10)5-6-22-12/h1-2,7,9H,3-6,8H2,(H,16,20)(H,18,19,21). The summed E-state index contributed by atoms with van der Waals surface area (Å²) < 4.78 is 5.45. The number of benzene rings is 1. The summed E-state index contributed by atoms with van der Waals surface area (Å²) in [5.41, 5.74) is 3.73. The van der Waals surface area contributed by atoms with E-state index in [-0.39, 0.29) is 24.7 Å². The molecule has 2 amide bonds. The van der Waals surface area contributed by atoms with E-state index in [2.05, 4.69) is 20.8 Å². The summed E-state index contributed by atoms with van der Waals surface area (Å²) in [6.45, 7) is 1.17. The number of hydrogen-bond acceptors (Lipinski definition) is 6. The first-order chi connectivity index (χ1) is 11.2. The summed E-state index contributed by atoms with van der Waals surface area (Å²) in [7, 11) is 0.